The van der Waals surface area contributed by atoms with Crippen molar-refractivity contribution < 1.29 is 13.6 Å². The van der Waals surface area contributed by atoms with E-state index in [4.69, 9.17) is 9.05 Å². The fourth-order valence-electron chi connectivity index (χ4n) is 3.18. The molecule has 0 aromatic carbocycles. The summed E-state index contributed by atoms with van der Waals surface area (Å²) in [6.45, 7) is 7.79. The minimum Gasteiger partial charge on any atom is -0.308 e. The zero-order chi connectivity index (χ0) is 15.6. The summed E-state index contributed by atoms with van der Waals surface area (Å²) in [6.07, 6.45) is 10.1. The zero-order valence-electron chi connectivity index (χ0n) is 14.2. The van der Waals surface area contributed by atoms with Gasteiger partial charge in [-0.1, -0.05) is 45.4 Å². The molecule has 1 rings (SSSR count). The second kappa shape index (κ2) is 9.99. The Morgan fingerprint density at radius 1 is 0.952 bits per heavy atom. The van der Waals surface area contributed by atoms with Crippen molar-refractivity contribution in [2.45, 2.75) is 83.8 Å². The quantitative estimate of drug-likeness (QED) is 0.426. The Morgan fingerprint density at radius 3 is 2.10 bits per heavy atom. The molecule has 0 amide bonds. The smallest absolute Gasteiger partial charge is 0.308 e. The minimum atomic E-state index is -3.09. The van der Waals surface area contributed by atoms with E-state index in [0.29, 0.717) is 13.2 Å². The molecule has 1 aliphatic rings. The highest BCUT2D eigenvalue weighted by Gasteiger charge is 2.50. The first kappa shape index (κ1) is 19.2. The van der Waals surface area contributed by atoms with Crippen molar-refractivity contribution in [1.82, 2.24) is 5.32 Å². The Balaban J connectivity index is 2.73. The molecule has 0 radical (unpaired) electrons. The van der Waals surface area contributed by atoms with Crippen LogP contribution in [-0.4, -0.2) is 25.0 Å². The van der Waals surface area contributed by atoms with Crippen molar-refractivity contribution in [3.05, 3.63) is 0 Å². The highest BCUT2D eigenvalue weighted by molar-refractivity contribution is 7.55. The Bertz CT molecular complexity index is 307. The van der Waals surface area contributed by atoms with Crippen LogP contribution in [0.5, 0.6) is 0 Å². The summed E-state index contributed by atoms with van der Waals surface area (Å²) < 4.78 is 24.6. The monoisotopic (exact) mass is 319 g/mol. The molecule has 1 aliphatic carbocycles. The summed E-state index contributed by atoms with van der Waals surface area (Å²) in [6, 6.07) is 0. The Hall–Kier alpha value is 0.110. The summed E-state index contributed by atoms with van der Waals surface area (Å²) in [7, 11) is -3.09. The van der Waals surface area contributed by atoms with E-state index in [1.807, 2.05) is 13.8 Å². The third kappa shape index (κ3) is 5.35. The molecule has 4 nitrogen and oxygen atoms in total. The van der Waals surface area contributed by atoms with Gasteiger partial charge in [-0.25, -0.2) is 0 Å². The maximum atomic E-state index is 13.3. The van der Waals surface area contributed by atoms with Gasteiger partial charge in [0.25, 0.3) is 0 Å². The summed E-state index contributed by atoms with van der Waals surface area (Å²) in [5.41, 5.74) is 0. The molecule has 126 valence electrons. The molecule has 1 N–H and O–H groups in total. The van der Waals surface area contributed by atoms with Crippen LogP contribution in [-0.2, 0) is 13.6 Å². The molecule has 5 heteroatoms. The van der Waals surface area contributed by atoms with Gasteiger partial charge in [-0.15, -0.1) is 0 Å². The molecule has 0 spiro atoms. The zero-order valence-corrected chi connectivity index (χ0v) is 15.1. The van der Waals surface area contributed by atoms with Crippen molar-refractivity contribution in [3.8, 4) is 0 Å². The van der Waals surface area contributed by atoms with Crippen LogP contribution < -0.4 is 5.32 Å². The molecule has 1 fully saturated rings. The number of nitrogens with one attached hydrogen (secondary N) is 1. The molecule has 0 heterocycles. The van der Waals surface area contributed by atoms with Gasteiger partial charge in [-0.3, -0.25) is 4.57 Å². The second-order valence-corrected chi connectivity index (χ2v) is 8.28. The molecule has 1 saturated carbocycles. The lowest BCUT2D eigenvalue weighted by Gasteiger charge is -2.42. The Labute approximate surface area is 130 Å². The number of hydrogen-bond donors (Lipinski definition) is 1. The molecule has 0 aromatic rings. The van der Waals surface area contributed by atoms with Gasteiger partial charge in [0.15, 0.2) is 0 Å². The van der Waals surface area contributed by atoms with Crippen LogP contribution in [0, 0.1) is 0 Å². The van der Waals surface area contributed by atoms with Crippen molar-refractivity contribution in [3.63, 3.8) is 0 Å². The van der Waals surface area contributed by atoms with Crippen LogP contribution in [0.3, 0.4) is 0 Å². The largest absolute Gasteiger partial charge is 0.350 e. The van der Waals surface area contributed by atoms with Crippen LogP contribution in [0.2, 0.25) is 0 Å². The maximum absolute atomic E-state index is 13.3. The van der Waals surface area contributed by atoms with Crippen LogP contribution in [0.25, 0.3) is 0 Å². The van der Waals surface area contributed by atoms with Gasteiger partial charge < -0.3 is 14.4 Å². The van der Waals surface area contributed by atoms with Crippen molar-refractivity contribution in [2.75, 3.05) is 19.8 Å². The van der Waals surface area contributed by atoms with Crippen LogP contribution in [0.1, 0.15) is 78.6 Å². The van der Waals surface area contributed by atoms with Gasteiger partial charge in [-0.05, 0) is 39.7 Å². The maximum Gasteiger partial charge on any atom is 0.350 e. The number of hydrogen-bond acceptors (Lipinski definition) is 4. The second-order valence-electron chi connectivity index (χ2n) is 5.91. The van der Waals surface area contributed by atoms with E-state index in [0.717, 1.165) is 38.6 Å². The average molecular weight is 319 g/mol. The van der Waals surface area contributed by atoms with Gasteiger partial charge in [0.2, 0.25) is 0 Å². The van der Waals surface area contributed by atoms with Crippen molar-refractivity contribution in [2.24, 2.45) is 0 Å². The Kier molecular flexibility index (Phi) is 9.12. The fourth-order valence-corrected chi connectivity index (χ4v) is 5.60. The van der Waals surface area contributed by atoms with Crippen LogP contribution >= 0.6 is 7.60 Å². The van der Waals surface area contributed by atoms with E-state index in [-0.39, 0.29) is 0 Å². The predicted octanol–water partition coefficient (Wildman–Crippen LogP) is 5.08. The molecule has 0 bridgehead atoms. The van der Waals surface area contributed by atoms with Gasteiger partial charge in [0.1, 0.15) is 5.28 Å². The van der Waals surface area contributed by atoms with E-state index >= 15 is 0 Å². The van der Waals surface area contributed by atoms with E-state index in [1.54, 1.807) is 0 Å². The lowest BCUT2D eigenvalue weighted by Crippen LogP contribution is -2.47. The first-order chi connectivity index (χ1) is 10.1. The molecule has 0 saturated heterocycles. The van der Waals surface area contributed by atoms with Gasteiger partial charge in [0.05, 0.1) is 13.2 Å². The van der Waals surface area contributed by atoms with E-state index < -0.39 is 12.9 Å². The fraction of sp³-hybridized carbons (Fsp3) is 1.00. The molecule has 21 heavy (non-hydrogen) atoms. The average Bonchev–Trinajstić information content (AvgIpc) is 2.48. The number of unbranched alkanes of at least 4 members (excludes halogenated alkanes) is 3. The normalized spacial score (nSPS) is 18.8. The molecule has 0 aliphatic heterocycles. The Morgan fingerprint density at radius 2 is 1.57 bits per heavy atom. The lowest BCUT2D eigenvalue weighted by atomic mass is 9.94. The van der Waals surface area contributed by atoms with Crippen LogP contribution in [0.4, 0.5) is 0 Å². The van der Waals surface area contributed by atoms with Crippen LogP contribution in [0.15, 0.2) is 0 Å². The third-order valence-corrected chi connectivity index (χ3v) is 7.14. The van der Waals surface area contributed by atoms with Gasteiger partial charge in [0, 0.05) is 0 Å². The molecule has 0 aromatic heterocycles. The summed E-state index contributed by atoms with van der Waals surface area (Å²) in [4.78, 5) is 0. The molecule has 0 atom stereocenters. The first-order valence-corrected chi connectivity index (χ1v) is 10.3. The molecular weight excluding hydrogens is 285 g/mol. The predicted molar refractivity (Wildman–Crippen MR) is 88.8 cm³/mol. The molecular formula is C16H34NO3P. The SMILES string of the molecule is CCCCCCNC1(P(=O)(OCC)OCC)CCCCC1. The summed E-state index contributed by atoms with van der Waals surface area (Å²) >= 11 is 0. The van der Waals surface area contributed by atoms with E-state index in [1.165, 1.54) is 25.7 Å². The number of rotatable bonds is 11. The van der Waals surface area contributed by atoms with E-state index in [9.17, 15) is 4.57 Å². The highest BCUT2D eigenvalue weighted by Crippen LogP contribution is 2.63. The first-order valence-electron chi connectivity index (χ1n) is 8.78. The third-order valence-electron chi connectivity index (χ3n) is 4.29. The standard InChI is InChI=1S/C16H34NO3P/c1-4-7-8-12-15-17-16(13-10-9-11-14-16)21(18,19-5-2)20-6-3/h17H,4-15H2,1-3H3. The summed E-state index contributed by atoms with van der Waals surface area (Å²) in [5, 5.41) is 3.14. The topological polar surface area (TPSA) is 47.6 Å². The molecule has 0 unspecified atom stereocenters. The minimum absolute atomic E-state index is 0.441. The van der Waals surface area contributed by atoms with Crippen molar-refractivity contribution >= 4 is 7.60 Å². The van der Waals surface area contributed by atoms with Crippen molar-refractivity contribution in [1.29, 1.82) is 0 Å². The van der Waals surface area contributed by atoms with E-state index in [2.05, 4.69) is 12.2 Å². The van der Waals surface area contributed by atoms with Gasteiger partial charge in [-0.2, -0.15) is 0 Å². The highest BCUT2D eigenvalue weighted by atomic mass is 31.2. The lowest BCUT2D eigenvalue weighted by molar-refractivity contribution is 0.166. The van der Waals surface area contributed by atoms with Gasteiger partial charge >= 0.3 is 7.60 Å². The summed E-state index contributed by atoms with van der Waals surface area (Å²) in [5.74, 6) is 0.